The van der Waals surface area contributed by atoms with E-state index in [2.05, 4.69) is 51.6 Å². The number of aliphatic hydroxyl groups excluding tert-OH is 2. The van der Waals surface area contributed by atoms with E-state index in [1.165, 1.54) is 11.1 Å². The smallest absolute Gasteiger partial charge is 0.0610 e. The fourth-order valence-corrected chi connectivity index (χ4v) is 7.20. The van der Waals surface area contributed by atoms with Gasteiger partial charge in [0, 0.05) is 6.04 Å². The van der Waals surface area contributed by atoms with E-state index in [0.29, 0.717) is 5.92 Å². The number of benzene rings is 1. The maximum absolute atomic E-state index is 11.6. The first-order valence-electron chi connectivity index (χ1n) is 11.5. The third-order valence-electron chi connectivity index (χ3n) is 9.28. The summed E-state index contributed by atoms with van der Waals surface area (Å²) in [7, 11) is 0. The average Bonchev–Trinajstić information content (AvgIpc) is 2.99. The van der Waals surface area contributed by atoms with Crippen molar-refractivity contribution in [2.45, 2.75) is 84.0 Å². The van der Waals surface area contributed by atoms with Crippen LogP contribution in [0.4, 0.5) is 0 Å². The Labute approximate surface area is 176 Å². The van der Waals surface area contributed by atoms with Crippen LogP contribution in [0.25, 0.3) is 0 Å². The summed E-state index contributed by atoms with van der Waals surface area (Å²) < 4.78 is 0. The Kier molecular flexibility index (Phi) is 5.46. The van der Waals surface area contributed by atoms with E-state index >= 15 is 0 Å². The van der Waals surface area contributed by atoms with Crippen LogP contribution in [-0.2, 0) is 0 Å². The Morgan fingerprint density at radius 1 is 1.10 bits per heavy atom. The number of aliphatic hydroxyl groups is 2. The van der Waals surface area contributed by atoms with Crippen molar-refractivity contribution in [1.82, 2.24) is 0 Å². The van der Waals surface area contributed by atoms with Gasteiger partial charge in [0.2, 0.25) is 0 Å². The SMILES string of the molecule is C=C1CCC2C(O)C(C3(C)CCC(O)CC3C(N)c3cccc(C)c3)CCC12C. The molecular formula is C26H39NO2. The van der Waals surface area contributed by atoms with E-state index in [1.54, 1.807) is 0 Å². The van der Waals surface area contributed by atoms with E-state index in [0.717, 1.165) is 50.5 Å². The van der Waals surface area contributed by atoms with Crippen LogP contribution in [0.3, 0.4) is 0 Å². The summed E-state index contributed by atoms with van der Waals surface area (Å²) in [5, 5.41) is 22.1. The van der Waals surface area contributed by atoms with Crippen LogP contribution in [0.15, 0.2) is 36.4 Å². The maximum atomic E-state index is 11.6. The Balaban J connectivity index is 1.65. The molecule has 3 aliphatic carbocycles. The molecule has 4 N–H and O–H groups in total. The highest BCUT2D eigenvalue weighted by Gasteiger charge is 2.57. The van der Waals surface area contributed by atoms with Crippen LogP contribution < -0.4 is 5.73 Å². The first-order valence-corrected chi connectivity index (χ1v) is 11.5. The van der Waals surface area contributed by atoms with Crippen molar-refractivity contribution in [3.05, 3.63) is 47.5 Å². The lowest BCUT2D eigenvalue weighted by molar-refractivity contribution is -0.123. The Hall–Kier alpha value is -1.16. The fourth-order valence-electron chi connectivity index (χ4n) is 7.20. The van der Waals surface area contributed by atoms with E-state index in [-0.39, 0.29) is 40.9 Å². The summed E-state index contributed by atoms with van der Waals surface area (Å²) in [4.78, 5) is 0. The highest BCUT2D eigenvalue weighted by atomic mass is 16.3. The molecule has 3 fully saturated rings. The first-order chi connectivity index (χ1) is 13.7. The van der Waals surface area contributed by atoms with Crippen LogP contribution in [-0.4, -0.2) is 22.4 Å². The predicted molar refractivity (Wildman–Crippen MR) is 118 cm³/mol. The van der Waals surface area contributed by atoms with Crippen molar-refractivity contribution in [3.8, 4) is 0 Å². The van der Waals surface area contributed by atoms with Gasteiger partial charge in [0.25, 0.3) is 0 Å². The standard InChI is InChI=1S/C26H39NO2/c1-16-6-5-7-18(14-16)23(27)22-15-19(28)10-12-26(22,4)21-11-13-25(3)17(2)8-9-20(25)24(21)29/h5-7,14,19-24,28-29H,2,8-13,15,27H2,1,3-4H3. The molecule has 8 atom stereocenters. The van der Waals surface area contributed by atoms with Gasteiger partial charge in [-0.05, 0) is 86.0 Å². The van der Waals surface area contributed by atoms with Gasteiger partial charge in [-0.25, -0.2) is 0 Å². The molecule has 29 heavy (non-hydrogen) atoms. The third kappa shape index (κ3) is 3.40. The molecule has 0 spiro atoms. The zero-order chi connectivity index (χ0) is 21.0. The number of hydrogen-bond acceptors (Lipinski definition) is 3. The third-order valence-corrected chi connectivity index (χ3v) is 9.28. The summed E-state index contributed by atoms with van der Waals surface area (Å²) in [6, 6.07) is 8.36. The monoisotopic (exact) mass is 397 g/mol. The van der Waals surface area contributed by atoms with Crippen LogP contribution in [0, 0.1) is 35.5 Å². The number of allylic oxidation sites excluding steroid dienone is 1. The molecule has 0 radical (unpaired) electrons. The molecule has 0 amide bonds. The highest BCUT2D eigenvalue weighted by molar-refractivity contribution is 5.27. The van der Waals surface area contributed by atoms with Gasteiger partial charge in [0.1, 0.15) is 0 Å². The van der Waals surface area contributed by atoms with Crippen molar-refractivity contribution in [2.75, 3.05) is 0 Å². The van der Waals surface area contributed by atoms with Gasteiger partial charge in [-0.2, -0.15) is 0 Å². The van der Waals surface area contributed by atoms with Gasteiger partial charge in [-0.3, -0.25) is 0 Å². The molecule has 3 heteroatoms. The summed E-state index contributed by atoms with van der Waals surface area (Å²) in [5.41, 5.74) is 10.6. The summed E-state index contributed by atoms with van der Waals surface area (Å²) in [6.45, 7) is 11.1. The lowest BCUT2D eigenvalue weighted by Crippen LogP contribution is -2.54. The molecule has 8 unspecified atom stereocenters. The molecule has 0 aliphatic heterocycles. The van der Waals surface area contributed by atoms with Gasteiger partial charge in [-0.15, -0.1) is 0 Å². The second kappa shape index (κ2) is 7.51. The summed E-state index contributed by atoms with van der Waals surface area (Å²) >= 11 is 0. The first kappa shape index (κ1) is 21.1. The minimum atomic E-state index is -0.305. The van der Waals surface area contributed by atoms with Gasteiger partial charge in [0.15, 0.2) is 0 Å². The Morgan fingerprint density at radius 2 is 1.86 bits per heavy atom. The summed E-state index contributed by atoms with van der Waals surface area (Å²) in [5.74, 6) is 0.717. The lowest BCUT2D eigenvalue weighted by Gasteiger charge is -2.56. The van der Waals surface area contributed by atoms with E-state index < -0.39 is 0 Å². The number of fused-ring (bicyclic) bond motifs is 1. The summed E-state index contributed by atoms with van der Waals surface area (Å²) in [6.07, 6.45) is 6.12. The molecule has 0 heterocycles. The van der Waals surface area contributed by atoms with Crippen LogP contribution >= 0.6 is 0 Å². The molecule has 3 nitrogen and oxygen atoms in total. The van der Waals surface area contributed by atoms with Crippen molar-refractivity contribution in [1.29, 1.82) is 0 Å². The topological polar surface area (TPSA) is 66.5 Å². The number of hydrogen-bond donors (Lipinski definition) is 3. The number of nitrogens with two attached hydrogens (primary N) is 1. The zero-order valence-corrected chi connectivity index (χ0v) is 18.4. The van der Waals surface area contributed by atoms with E-state index in [4.69, 9.17) is 5.73 Å². The van der Waals surface area contributed by atoms with E-state index in [1.807, 2.05) is 0 Å². The molecule has 0 aromatic heterocycles. The van der Waals surface area contributed by atoms with Crippen molar-refractivity contribution in [3.63, 3.8) is 0 Å². The van der Waals surface area contributed by atoms with Gasteiger partial charge in [0.05, 0.1) is 12.2 Å². The minimum Gasteiger partial charge on any atom is -0.393 e. The second-order valence-corrected chi connectivity index (χ2v) is 10.8. The molecule has 0 bridgehead atoms. The predicted octanol–water partition coefficient (Wildman–Crippen LogP) is 4.91. The molecule has 160 valence electrons. The van der Waals surface area contributed by atoms with E-state index in [9.17, 15) is 10.2 Å². The van der Waals surface area contributed by atoms with Gasteiger partial charge >= 0.3 is 0 Å². The van der Waals surface area contributed by atoms with Crippen molar-refractivity contribution < 1.29 is 10.2 Å². The molecule has 1 aromatic rings. The maximum Gasteiger partial charge on any atom is 0.0610 e. The highest BCUT2D eigenvalue weighted by Crippen LogP contribution is 2.62. The Morgan fingerprint density at radius 3 is 2.59 bits per heavy atom. The quantitative estimate of drug-likeness (QED) is 0.635. The normalized spacial score (nSPS) is 43.8. The second-order valence-electron chi connectivity index (χ2n) is 10.8. The molecule has 4 rings (SSSR count). The molecular weight excluding hydrogens is 358 g/mol. The van der Waals surface area contributed by atoms with Crippen molar-refractivity contribution >= 4 is 0 Å². The average molecular weight is 398 g/mol. The Bertz CT molecular complexity index is 776. The fraction of sp³-hybridized carbons (Fsp3) is 0.692. The molecule has 1 aromatic carbocycles. The van der Waals surface area contributed by atoms with Crippen molar-refractivity contribution in [2.24, 2.45) is 34.3 Å². The lowest BCUT2D eigenvalue weighted by atomic mass is 9.50. The number of rotatable bonds is 3. The zero-order valence-electron chi connectivity index (χ0n) is 18.4. The van der Waals surface area contributed by atoms with Crippen LogP contribution in [0.2, 0.25) is 0 Å². The van der Waals surface area contributed by atoms with Gasteiger partial charge in [-0.1, -0.05) is 55.8 Å². The molecule has 3 aliphatic rings. The van der Waals surface area contributed by atoms with Gasteiger partial charge < -0.3 is 15.9 Å². The minimum absolute atomic E-state index is 0.0624. The molecule has 3 saturated carbocycles. The van der Waals surface area contributed by atoms with Crippen LogP contribution in [0.5, 0.6) is 0 Å². The largest absolute Gasteiger partial charge is 0.393 e. The number of aryl methyl sites for hydroxylation is 1. The molecule has 0 saturated heterocycles. The van der Waals surface area contributed by atoms with Crippen LogP contribution in [0.1, 0.15) is 76.0 Å².